The van der Waals surface area contributed by atoms with E-state index in [9.17, 15) is 0 Å². The third kappa shape index (κ3) is 2.46. The third-order valence-corrected chi connectivity index (χ3v) is 2.37. The van der Waals surface area contributed by atoms with Crippen molar-refractivity contribution in [2.45, 2.75) is 19.4 Å². The number of aromatic nitrogens is 2. The summed E-state index contributed by atoms with van der Waals surface area (Å²) >= 11 is 0. The highest BCUT2D eigenvalue weighted by Crippen LogP contribution is 2.15. The van der Waals surface area contributed by atoms with Crippen molar-refractivity contribution in [2.24, 2.45) is 0 Å². The second-order valence-electron chi connectivity index (χ2n) is 3.57. The Morgan fingerprint density at radius 1 is 1.20 bits per heavy atom. The molecule has 0 fully saturated rings. The van der Waals surface area contributed by atoms with Gasteiger partial charge in [-0.1, -0.05) is 43.7 Å². The summed E-state index contributed by atoms with van der Waals surface area (Å²) in [4.78, 5) is 4.38. The highest BCUT2D eigenvalue weighted by Gasteiger charge is 2.00. The minimum atomic E-state index is 0.971. The quantitative estimate of drug-likeness (QED) is 0.739. The van der Waals surface area contributed by atoms with Crippen molar-refractivity contribution in [3.05, 3.63) is 49.8 Å². The van der Waals surface area contributed by atoms with Crippen molar-refractivity contribution < 1.29 is 0 Å². The maximum atomic E-state index is 4.38. The van der Waals surface area contributed by atoms with Gasteiger partial charge >= 0.3 is 0 Å². The van der Waals surface area contributed by atoms with Crippen molar-refractivity contribution in [2.75, 3.05) is 0 Å². The summed E-state index contributed by atoms with van der Waals surface area (Å²) < 4.78 is 2.12. The van der Waals surface area contributed by atoms with Gasteiger partial charge in [0.2, 0.25) is 0 Å². The fraction of sp³-hybridized carbons (Fsp3) is 0.231. The highest BCUT2D eigenvalue weighted by molar-refractivity contribution is 5.57. The molecule has 0 N–H and O–H groups in total. The zero-order valence-corrected chi connectivity index (χ0v) is 8.76. The van der Waals surface area contributed by atoms with E-state index < -0.39 is 0 Å². The number of benzene rings is 1. The molecule has 0 saturated carbocycles. The van der Waals surface area contributed by atoms with Crippen LogP contribution in [-0.4, -0.2) is 9.55 Å². The van der Waals surface area contributed by atoms with E-state index in [0.717, 1.165) is 25.1 Å². The van der Waals surface area contributed by atoms with Gasteiger partial charge in [0.1, 0.15) is 0 Å². The topological polar surface area (TPSA) is 17.8 Å². The van der Waals surface area contributed by atoms with Crippen LogP contribution in [-0.2, 0) is 6.54 Å². The summed E-state index contributed by atoms with van der Waals surface area (Å²) in [5, 5.41) is 0. The number of imidazole rings is 1. The molecule has 2 rings (SSSR count). The summed E-state index contributed by atoms with van der Waals surface area (Å²) in [6.07, 6.45) is 6.05. The molecule has 0 aliphatic carbocycles. The molecule has 0 aliphatic rings. The van der Waals surface area contributed by atoms with Crippen molar-refractivity contribution >= 4 is 0 Å². The molecule has 0 aliphatic heterocycles. The zero-order chi connectivity index (χ0) is 10.5. The molecule has 0 spiro atoms. The number of hydrogen-bond donors (Lipinski definition) is 0. The molecule has 2 nitrogen and oxygen atoms in total. The molecule has 1 aromatic heterocycles. The van der Waals surface area contributed by atoms with E-state index in [4.69, 9.17) is 0 Å². The maximum absolute atomic E-state index is 4.38. The second kappa shape index (κ2) is 4.78. The number of rotatable bonds is 4. The van der Waals surface area contributed by atoms with Gasteiger partial charge in [-0.2, -0.15) is 0 Å². The summed E-state index contributed by atoms with van der Waals surface area (Å²) in [7, 11) is 0. The van der Waals surface area contributed by atoms with Crippen LogP contribution in [0.3, 0.4) is 0 Å². The summed E-state index contributed by atoms with van der Waals surface area (Å²) in [6.45, 7) is 4.84. The van der Waals surface area contributed by atoms with Gasteiger partial charge in [-0.15, -0.1) is 0 Å². The molecule has 2 heteroatoms. The molecule has 0 saturated heterocycles. The molecular weight excluding hydrogens is 184 g/mol. The van der Waals surface area contributed by atoms with E-state index in [-0.39, 0.29) is 0 Å². The van der Waals surface area contributed by atoms with E-state index >= 15 is 0 Å². The van der Waals surface area contributed by atoms with Crippen LogP contribution in [0.4, 0.5) is 0 Å². The standard InChI is InChI=1S/C13H15N2/c1-2-3-9-15-10-13(14-11-15)12-7-5-4-6-8-12/h4-8,10-11H,1-3,9H2. The van der Waals surface area contributed by atoms with Gasteiger partial charge in [-0.25, -0.2) is 4.98 Å². The first-order valence-electron chi connectivity index (χ1n) is 5.26. The normalized spacial score (nSPS) is 10.5. The largest absolute Gasteiger partial charge is 0.337 e. The van der Waals surface area contributed by atoms with Crippen LogP contribution in [0.5, 0.6) is 0 Å². The Morgan fingerprint density at radius 3 is 2.73 bits per heavy atom. The van der Waals surface area contributed by atoms with Crippen LogP contribution in [0.25, 0.3) is 11.3 Å². The van der Waals surface area contributed by atoms with Gasteiger partial charge in [0.05, 0.1) is 12.0 Å². The molecule has 1 heterocycles. The van der Waals surface area contributed by atoms with Crippen LogP contribution in [0, 0.1) is 6.92 Å². The van der Waals surface area contributed by atoms with Crippen LogP contribution in [0.15, 0.2) is 42.9 Å². The highest BCUT2D eigenvalue weighted by atomic mass is 15.0. The van der Waals surface area contributed by atoms with E-state index in [2.05, 4.69) is 34.8 Å². The Labute approximate surface area is 90.6 Å². The maximum Gasteiger partial charge on any atom is 0.0953 e. The van der Waals surface area contributed by atoms with E-state index in [1.807, 2.05) is 24.5 Å². The van der Waals surface area contributed by atoms with Crippen LogP contribution in [0.1, 0.15) is 12.8 Å². The molecule has 0 atom stereocenters. The Bertz CT molecular complexity index is 403. The average molecular weight is 199 g/mol. The van der Waals surface area contributed by atoms with Crippen LogP contribution < -0.4 is 0 Å². The first-order chi connectivity index (χ1) is 7.40. The molecule has 0 unspecified atom stereocenters. The number of nitrogens with zero attached hydrogens (tertiary/aromatic N) is 2. The van der Waals surface area contributed by atoms with Gasteiger partial charge in [-0.05, 0) is 6.42 Å². The van der Waals surface area contributed by atoms with Crippen molar-refractivity contribution in [1.29, 1.82) is 0 Å². The first kappa shape index (κ1) is 9.97. The molecule has 15 heavy (non-hydrogen) atoms. The Kier molecular flexibility index (Phi) is 3.18. The molecule has 77 valence electrons. The predicted molar refractivity (Wildman–Crippen MR) is 62.3 cm³/mol. The molecule has 0 bridgehead atoms. The number of hydrogen-bond acceptors (Lipinski definition) is 1. The Morgan fingerprint density at radius 2 is 2.00 bits per heavy atom. The fourth-order valence-corrected chi connectivity index (χ4v) is 1.53. The molecular formula is C13H15N2. The lowest BCUT2D eigenvalue weighted by molar-refractivity contribution is 0.648. The minimum Gasteiger partial charge on any atom is -0.337 e. The lowest BCUT2D eigenvalue weighted by Crippen LogP contribution is -1.92. The Balaban J connectivity index is 2.14. The lowest BCUT2D eigenvalue weighted by Gasteiger charge is -1.98. The fourth-order valence-electron chi connectivity index (χ4n) is 1.53. The Hall–Kier alpha value is -1.57. The van der Waals surface area contributed by atoms with Crippen LogP contribution in [0.2, 0.25) is 0 Å². The smallest absolute Gasteiger partial charge is 0.0953 e. The second-order valence-corrected chi connectivity index (χ2v) is 3.57. The molecule has 1 aromatic carbocycles. The van der Waals surface area contributed by atoms with Gasteiger partial charge in [0.15, 0.2) is 0 Å². The van der Waals surface area contributed by atoms with Crippen molar-refractivity contribution in [3.8, 4) is 11.3 Å². The molecule has 2 aromatic rings. The molecule has 1 radical (unpaired) electrons. The van der Waals surface area contributed by atoms with E-state index in [1.54, 1.807) is 0 Å². The van der Waals surface area contributed by atoms with Gasteiger partial charge in [-0.3, -0.25) is 0 Å². The van der Waals surface area contributed by atoms with Crippen molar-refractivity contribution in [1.82, 2.24) is 9.55 Å². The van der Waals surface area contributed by atoms with Gasteiger partial charge < -0.3 is 4.57 Å². The molecule has 0 amide bonds. The summed E-state index contributed by atoms with van der Waals surface area (Å²) in [5.74, 6) is 0. The van der Waals surface area contributed by atoms with Crippen molar-refractivity contribution in [3.63, 3.8) is 0 Å². The van der Waals surface area contributed by atoms with Gasteiger partial charge in [0, 0.05) is 18.3 Å². The first-order valence-corrected chi connectivity index (χ1v) is 5.26. The average Bonchev–Trinajstić information content (AvgIpc) is 2.76. The van der Waals surface area contributed by atoms with Gasteiger partial charge in [0.25, 0.3) is 0 Å². The summed E-state index contributed by atoms with van der Waals surface area (Å²) in [6, 6.07) is 10.2. The zero-order valence-electron chi connectivity index (χ0n) is 8.76. The predicted octanol–water partition coefficient (Wildman–Crippen LogP) is 3.16. The van der Waals surface area contributed by atoms with E-state index in [0.29, 0.717) is 0 Å². The summed E-state index contributed by atoms with van der Waals surface area (Å²) in [5.41, 5.74) is 2.21. The van der Waals surface area contributed by atoms with Crippen LogP contribution >= 0.6 is 0 Å². The minimum absolute atomic E-state index is 0.971. The third-order valence-electron chi connectivity index (χ3n) is 2.37. The SMILES string of the molecule is [CH2]CCCn1cnc(-c2ccccc2)c1. The monoisotopic (exact) mass is 199 g/mol. The van der Waals surface area contributed by atoms with E-state index in [1.165, 1.54) is 5.56 Å². The number of aryl methyl sites for hydroxylation is 1. The number of unbranched alkanes of at least 4 members (excludes halogenated alkanes) is 1. The lowest BCUT2D eigenvalue weighted by atomic mass is 10.2.